The first-order valence-electron chi connectivity index (χ1n) is 10.1. The Morgan fingerprint density at radius 3 is 2.71 bits per heavy atom. The van der Waals surface area contributed by atoms with E-state index in [1.807, 2.05) is 19.9 Å². The number of likely N-dealkylation sites (N-methyl/N-ethyl adjacent to an activating group) is 1. The fourth-order valence-electron chi connectivity index (χ4n) is 3.31. The number of carbonyl (C=O) groups is 2. The third kappa shape index (κ3) is 4.45. The van der Waals surface area contributed by atoms with Gasteiger partial charge in [0.05, 0.1) is 12.3 Å². The molecule has 2 amide bonds. The molecule has 0 radical (unpaired) electrons. The van der Waals surface area contributed by atoms with E-state index in [2.05, 4.69) is 10.4 Å². The number of aromatic hydroxyl groups is 1. The second-order valence-electron chi connectivity index (χ2n) is 8.24. The fraction of sp³-hybridized carbons (Fsp3) is 0.476. The normalized spacial score (nSPS) is 14.0. The third-order valence-corrected chi connectivity index (χ3v) is 4.96. The molecule has 0 bridgehead atoms. The first-order valence-corrected chi connectivity index (χ1v) is 10.1. The zero-order chi connectivity index (χ0) is 22.9. The second-order valence-corrected chi connectivity index (χ2v) is 8.24. The molecule has 1 saturated carbocycles. The lowest BCUT2D eigenvalue weighted by molar-refractivity contribution is -0.125. The summed E-state index contributed by atoms with van der Waals surface area (Å²) in [4.78, 5) is 39.3. The molecule has 3 rings (SSSR count). The number of aromatic nitrogens is 3. The van der Waals surface area contributed by atoms with Crippen molar-refractivity contribution in [2.75, 3.05) is 13.6 Å². The van der Waals surface area contributed by atoms with Gasteiger partial charge in [0, 0.05) is 30.8 Å². The van der Waals surface area contributed by atoms with Gasteiger partial charge in [0.1, 0.15) is 12.2 Å². The van der Waals surface area contributed by atoms with Crippen LogP contribution in [0.4, 0.5) is 0 Å². The van der Waals surface area contributed by atoms with E-state index in [1.54, 1.807) is 13.0 Å². The quantitative estimate of drug-likeness (QED) is 0.504. The zero-order valence-corrected chi connectivity index (χ0v) is 18.0. The molecule has 1 fully saturated rings. The molecule has 2 heterocycles. The van der Waals surface area contributed by atoms with Gasteiger partial charge < -0.3 is 15.3 Å². The molecule has 0 aliphatic heterocycles. The maximum Gasteiger partial charge on any atom is 0.291 e. The van der Waals surface area contributed by atoms with E-state index in [0.717, 1.165) is 17.4 Å². The van der Waals surface area contributed by atoms with Gasteiger partial charge in [0.15, 0.2) is 5.56 Å². The number of rotatable bonds is 7. The average Bonchev–Trinajstić information content (AvgIpc) is 3.41. The first kappa shape index (κ1) is 22.1. The van der Waals surface area contributed by atoms with Crippen molar-refractivity contribution in [3.63, 3.8) is 0 Å². The maximum absolute atomic E-state index is 13.0. The van der Waals surface area contributed by atoms with Crippen molar-refractivity contribution in [2.45, 2.75) is 46.2 Å². The Labute approximate surface area is 179 Å². The molecule has 0 unspecified atom stereocenters. The minimum Gasteiger partial charge on any atom is -0.494 e. The van der Waals surface area contributed by atoms with Crippen molar-refractivity contribution in [2.24, 2.45) is 5.92 Å². The smallest absolute Gasteiger partial charge is 0.291 e. The van der Waals surface area contributed by atoms with Gasteiger partial charge in [-0.3, -0.25) is 19.0 Å². The predicted molar refractivity (Wildman–Crippen MR) is 113 cm³/mol. The van der Waals surface area contributed by atoms with Crippen molar-refractivity contribution in [1.29, 1.82) is 5.26 Å². The van der Waals surface area contributed by atoms with Crippen LogP contribution in [0.15, 0.2) is 16.6 Å². The summed E-state index contributed by atoms with van der Waals surface area (Å²) >= 11 is 0. The maximum atomic E-state index is 13.0. The standard InChI is InChI=1S/C21H26N6O4/c1-12(2)11-26-18-14(9-13(3)19(29)25(4)8-7-22)10-23-27(18)21(31)16(20(26)30)17(28)24-15-5-6-15/h9-10,12,15,30H,5-6,8,11H2,1-4H3,(H,24,28). The highest BCUT2D eigenvalue weighted by atomic mass is 16.3. The van der Waals surface area contributed by atoms with E-state index in [0.29, 0.717) is 17.7 Å². The molecule has 0 spiro atoms. The van der Waals surface area contributed by atoms with E-state index in [-0.39, 0.29) is 35.6 Å². The van der Waals surface area contributed by atoms with Gasteiger partial charge in [0.2, 0.25) is 11.8 Å². The molecular weight excluding hydrogens is 400 g/mol. The number of nitrogens with zero attached hydrogens (tertiary/aromatic N) is 5. The summed E-state index contributed by atoms with van der Waals surface area (Å²) in [7, 11) is 1.52. The summed E-state index contributed by atoms with van der Waals surface area (Å²) in [6, 6.07) is 1.94. The van der Waals surface area contributed by atoms with Crippen molar-refractivity contribution in [3.05, 3.63) is 33.3 Å². The molecule has 1 aliphatic rings. The van der Waals surface area contributed by atoms with E-state index in [9.17, 15) is 19.5 Å². The van der Waals surface area contributed by atoms with Crippen LogP contribution in [0.25, 0.3) is 11.7 Å². The van der Waals surface area contributed by atoms with E-state index < -0.39 is 17.3 Å². The van der Waals surface area contributed by atoms with Crippen LogP contribution in [-0.2, 0) is 11.3 Å². The number of amides is 2. The summed E-state index contributed by atoms with van der Waals surface area (Å²) in [5.74, 6) is -1.30. The number of hydrogen-bond donors (Lipinski definition) is 2. The number of fused-ring (bicyclic) bond motifs is 1. The van der Waals surface area contributed by atoms with Gasteiger partial charge in [-0.05, 0) is 31.8 Å². The summed E-state index contributed by atoms with van der Waals surface area (Å²) in [6.45, 7) is 5.75. The summed E-state index contributed by atoms with van der Waals surface area (Å²) in [5, 5.41) is 26.6. The van der Waals surface area contributed by atoms with Gasteiger partial charge in [0.25, 0.3) is 11.5 Å². The Hall–Kier alpha value is -3.61. The number of nitrogens with one attached hydrogen (secondary N) is 1. The highest BCUT2D eigenvalue weighted by Crippen LogP contribution is 2.25. The van der Waals surface area contributed by atoms with E-state index >= 15 is 0 Å². The SMILES string of the molecule is CC(=Cc1cnn2c(=O)c(C(=O)NC3CC3)c(O)n(CC(C)C)c12)C(=O)N(C)CC#N. The van der Waals surface area contributed by atoms with Gasteiger partial charge in [-0.25, -0.2) is 0 Å². The minimum atomic E-state index is -0.726. The molecule has 2 aromatic rings. The van der Waals surface area contributed by atoms with Crippen LogP contribution < -0.4 is 10.9 Å². The molecule has 164 valence electrons. The van der Waals surface area contributed by atoms with Crippen LogP contribution in [0, 0.1) is 17.2 Å². The van der Waals surface area contributed by atoms with Crippen molar-refractivity contribution < 1.29 is 14.7 Å². The Kier molecular flexibility index (Phi) is 6.15. The molecular formula is C21H26N6O4. The highest BCUT2D eigenvalue weighted by Gasteiger charge is 2.30. The summed E-state index contributed by atoms with van der Waals surface area (Å²) in [5.41, 5.74) is -0.00461. The van der Waals surface area contributed by atoms with Crippen LogP contribution >= 0.6 is 0 Å². The van der Waals surface area contributed by atoms with Crippen LogP contribution in [-0.4, -0.2) is 55.6 Å². The van der Waals surface area contributed by atoms with E-state index in [4.69, 9.17) is 5.26 Å². The molecule has 31 heavy (non-hydrogen) atoms. The number of nitriles is 1. The summed E-state index contributed by atoms with van der Waals surface area (Å²) in [6.07, 6.45) is 4.66. The van der Waals surface area contributed by atoms with E-state index in [1.165, 1.54) is 22.7 Å². The lowest BCUT2D eigenvalue weighted by Gasteiger charge is -2.17. The average molecular weight is 426 g/mol. The van der Waals surface area contributed by atoms with Crippen molar-refractivity contribution >= 4 is 23.5 Å². The van der Waals surface area contributed by atoms with Crippen LogP contribution in [0.5, 0.6) is 5.88 Å². The number of hydrogen-bond acceptors (Lipinski definition) is 6. The van der Waals surface area contributed by atoms with Gasteiger partial charge >= 0.3 is 0 Å². The van der Waals surface area contributed by atoms with Crippen molar-refractivity contribution in [1.82, 2.24) is 24.4 Å². The third-order valence-electron chi connectivity index (χ3n) is 4.96. The summed E-state index contributed by atoms with van der Waals surface area (Å²) < 4.78 is 2.55. The lowest BCUT2D eigenvalue weighted by atomic mass is 10.1. The highest BCUT2D eigenvalue weighted by molar-refractivity contribution is 5.99. The minimum absolute atomic E-state index is 0.0238. The molecule has 10 heteroatoms. The Morgan fingerprint density at radius 1 is 1.45 bits per heavy atom. The van der Waals surface area contributed by atoms with Crippen LogP contribution in [0.1, 0.15) is 49.5 Å². The molecule has 2 aromatic heterocycles. The molecule has 0 aromatic carbocycles. The molecule has 10 nitrogen and oxygen atoms in total. The Bertz CT molecular complexity index is 1160. The number of carbonyl (C=O) groups excluding carboxylic acids is 2. The molecule has 0 atom stereocenters. The monoisotopic (exact) mass is 426 g/mol. The fourth-order valence-corrected chi connectivity index (χ4v) is 3.31. The van der Waals surface area contributed by atoms with Crippen LogP contribution in [0.3, 0.4) is 0 Å². The lowest BCUT2D eigenvalue weighted by Crippen LogP contribution is -2.34. The molecule has 0 saturated heterocycles. The predicted octanol–water partition coefficient (Wildman–Crippen LogP) is 1.14. The Morgan fingerprint density at radius 2 is 2.13 bits per heavy atom. The topological polar surface area (TPSA) is 133 Å². The van der Waals surface area contributed by atoms with Crippen molar-refractivity contribution in [3.8, 4) is 11.9 Å². The molecule has 1 aliphatic carbocycles. The van der Waals surface area contributed by atoms with Gasteiger partial charge in [-0.2, -0.15) is 14.9 Å². The molecule has 2 N–H and O–H groups in total. The van der Waals surface area contributed by atoms with Crippen LogP contribution in [0.2, 0.25) is 0 Å². The van der Waals surface area contributed by atoms with Gasteiger partial charge in [-0.1, -0.05) is 13.8 Å². The zero-order valence-electron chi connectivity index (χ0n) is 18.0. The largest absolute Gasteiger partial charge is 0.494 e. The first-order chi connectivity index (χ1) is 14.6. The second kappa shape index (κ2) is 8.63. The van der Waals surface area contributed by atoms with Gasteiger partial charge in [-0.15, -0.1) is 0 Å². The Balaban J connectivity index is 2.16.